The van der Waals surface area contributed by atoms with E-state index in [9.17, 15) is 27.7 Å². The fourth-order valence-electron chi connectivity index (χ4n) is 6.47. The topological polar surface area (TPSA) is 121 Å². The molecule has 9 heteroatoms. The Bertz CT molecular complexity index is 782. The maximum atomic E-state index is 13.1. The molecule has 0 unspecified atom stereocenters. The third-order valence-corrected chi connectivity index (χ3v) is 10.3. The molecule has 8 nitrogen and oxygen atoms in total. The smallest absolute Gasteiger partial charge is 0.322 e. The van der Waals surface area contributed by atoms with Crippen LogP contribution >= 0.6 is 0 Å². The third-order valence-electron chi connectivity index (χ3n) is 9.93. The third kappa shape index (κ3) is 32.8. The van der Waals surface area contributed by atoms with Crippen LogP contribution in [0.4, 0.5) is 0 Å². The summed E-state index contributed by atoms with van der Waals surface area (Å²) in [7, 11) is -3.60. The van der Waals surface area contributed by atoms with E-state index in [2.05, 4.69) is 18.0 Å². The fraction of sp³-hybridized carbons (Fsp3) is 0.950. The molecule has 2 amide bonds. The number of hydrogen-bond donors (Lipinski definition) is 1. The molecule has 1 N–H and O–H groups in total. The van der Waals surface area contributed by atoms with Gasteiger partial charge < -0.3 is 9.66 Å². The van der Waals surface area contributed by atoms with Crippen molar-refractivity contribution in [3.05, 3.63) is 0 Å². The monoisotopic (exact) mass is 720 g/mol. The minimum Gasteiger partial charge on any atom is -0.726 e. The summed E-state index contributed by atoms with van der Waals surface area (Å²) in [5, 5.41) is 10.1. The quantitative estimate of drug-likeness (QED) is 0.0227. The van der Waals surface area contributed by atoms with Gasteiger partial charge in [0.05, 0.1) is 26.5 Å². The molecule has 0 fully saturated rings. The lowest BCUT2D eigenvalue weighted by Gasteiger charge is -2.30. The second-order valence-corrected chi connectivity index (χ2v) is 15.3. The highest BCUT2D eigenvalue weighted by Gasteiger charge is 2.41. The van der Waals surface area contributed by atoms with Gasteiger partial charge in [0.1, 0.15) is 0 Å². The molecule has 0 aromatic heterocycles. The number of unbranched alkanes of at least 4 members (excludes halogenated alkanes) is 28. The van der Waals surface area contributed by atoms with Crippen molar-refractivity contribution in [1.82, 2.24) is 0 Å². The first-order valence-corrected chi connectivity index (χ1v) is 22.0. The fourth-order valence-corrected chi connectivity index (χ4v) is 6.47. The van der Waals surface area contributed by atoms with Gasteiger partial charge in [-0.25, -0.2) is 18.0 Å². The molecule has 0 aliphatic carbocycles. The molecular weight excluding hydrogens is 639 g/mol. The van der Waals surface area contributed by atoms with E-state index < -0.39 is 10.4 Å². The van der Waals surface area contributed by atoms with E-state index in [4.69, 9.17) is 0 Å². The maximum Gasteiger partial charge on any atom is 0.322 e. The molecule has 0 aromatic carbocycles. The Balaban J connectivity index is 0. The lowest BCUT2D eigenvalue weighted by molar-refractivity contribution is -0.799. The molecule has 0 aromatic rings. The summed E-state index contributed by atoms with van der Waals surface area (Å²) in [6, 6.07) is 0. The van der Waals surface area contributed by atoms with Crippen LogP contribution in [0.3, 0.4) is 0 Å². The molecule has 0 bridgehead atoms. The van der Waals surface area contributed by atoms with Gasteiger partial charge in [0.15, 0.2) is 6.73 Å². The van der Waals surface area contributed by atoms with Gasteiger partial charge in [0, 0.05) is 0 Å². The highest BCUT2D eigenvalue weighted by atomic mass is 32.3. The first kappa shape index (κ1) is 50.2. The second kappa shape index (κ2) is 36.9. The molecule has 0 aliphatic heterocycles. The summed E-state index contributed by atoms with van der Waals surface area (Å²) in [5.41, 5.74) is 0. The Morgan fingerprint density at radius 1 is 0.490 bits per heavy atom. The normalized spacial score (nSPS) is 11.8. The molecule has 0 atom stereocenters. The van der Waals surface area contributed by atoms with Crippen molar-refractivity contribution < 1.29 is 36.3 Å². The summed E-state index contributed by atoms with van der Waals surface area (Å²) in [6.07, 6.45) is 39.7. The van der Waals surface area contributed by atoms with Gasteiger partial charge in [0.25, 0.3) is 0 Å². The molecule has 294 valence electrons. The van der Waals surface area contributed by atoms with Crippen LogP contribution in [0, 0.1) is 0 Å². The maximum absolute atomic E-state index is 13.1. The van der Waals surface area contributed by atoms with Crippen LogP contribution in [0.5, 0.6) is 0 Å². The van der Waals surface area contributed by atoms with Crippen LogP contribution in [0.2, 0.25) is 0 Å². The SMILES string of the molecule is CCCCCCCCCCCCCCCCCC(=O)[N+](CC)(CO)C(=O)CCCCCCCCCCCCCCCCC.COS(=O)(=O)[O-]. The van der Waals surface area contributed by atoms with E-state index in [0.29, 0.717) is 19.4 Å². The first-order valence-electron chi connectivity index (χ1n) is 20.7. The largest absolute Gasteiger partial charge is 0.726 e. The molecule has 0 saturated heterocycles. The molecule has 0 heterocycles. The highest BCUT2D eigenvalue weighted by molar-refractivity contribution is 7.80. The summed E-state index contributed by atoms with van der Waals surface area (Å²) in [6.45, 7) is 6.40. The van der Waals surface area contributed by atoms with Crippen LogP contribution in [0.15, 0.2) is 0 Å². The highest BCUT2D eigenvalue weighted by Crippen LogP contribution is 2.19. The minimum atomic E-state index is -4.41. The molecule has 0 radical (unpaired) electrons. The summed E-state index contributed by atoms with van der Waals surface area (Å²) >= 11 is 0. The summed E-state index contributed by atoms with van der Waals surface area (Å²) in [5.74, 6) is -0.156. The molecular formula is C40H81NO7S. The Morgan fingerprint density at radius 3 is 0.857 bits per heavy atom. The van der Waals surface area contributed by atoms with E-state index >= 15 is 0 Å². The molecule has 0 rings (SSSR count). The number of nitrogens with zero attached hydrogens (tertiary/aromatic N) is 1. The summed E-state index contributed by atoms with van der Waals surface area (Å²) in [4.78, 5) is 26.1. The Labute approximate surface area is 304 Å². The van der Waals surface area contributed by atoms with Crippen LogP contribution in [-0.2, 0) is 24.2 Å². The average molecular weight is 720 g/mol. The van der Waals surface area contributed by atoms with Crippen molar-refractivity contribution in [2.45, 2.75) is 226 Å². The van der Waals surface area contributed by atoms with Crippen LogP contribution in [0.25, 0.3) is 0 Å². The van der Waals surface area contributed by atoms with Crippen molar-refractivity contribution in [2.75, 3.05) is 20.4 Å². The standard InChI is InChI=1S/C39H78NO3.CH4O4S/c1-4-7-9-11-13-15-17-19-21-23-25-27-29-31-33-35-38(42)40(6-3,37-41)39(43)36-34-32-30-28-26-24-22-20-18-16-14-12-10-8-5-2;1-5-6(2,3)4/h41H,4-37H2,1-3H3;1H3,(H,2,3,4)/q+1;/p-1. The van der Waals surface area contributed by atoms with Gasteiger partial charge >= 0.3 is 11.8 Å². The Hall–Kier alpha value is -0.870. The molecule has 0 aliphatic rings. The van der Waals surface area contributed by atoms with Crippen molar-refractivity contribution in [1.29, 1.82) is 0 Å². The Morgan fingerprint density at radius 2 is 0.694 bits per heavy atom. The van der Waals surface area contributed by atoms with E-state index in [0.717, 1.165) is 32.8 Å². The number of aliphatic hydroxyl groups is 1. The molecule has 49 heavy (non-hydrogen) atoms. The molecule has 0 spiro atoms. The zero-order valence-electron chi connectivity index (χ0n) is 32.8. The Kier molecular flexibility index (Phi) is 37.8. The van der Waals surface area contributed by atoms with Crippen LogP contribution in [0.1, 0.15) is 226 Å². The number of hydrogen-bond acceptors (Lipinski definition) is 7. The van der Waals surface area contributed by atoms with Gasteiger partial charge in [-0.2, -0.15) is 4.48 Å². The number of amides is 2. The number of carbonyl (C=O) groups excluding carboxylic acids is 2. The predicted octanol–water partition coefficient (Wildman–Crippen LogP) is 11.4. The van der Waals surface area contributed by atoms with Crippen LogP contribution in [-0.4, -0.2) is 54.8 Å². The van der Waals surface area contributed by atoms with Crippen molar-refractivity contribution in [3.63, 3.8) is 0 Å². The lowest BCUT2D eigenvalue weighted by Crippen LogP contribution is -2.57. The number of aliphatic hydroxyl groups excluding tert-OH is 1. The summed E-state index contributed by atoms with van der Waals surface area (Å²) < 4.78 is 30.7. The average Bonchev–Trinajstić information content (AvgIpc) is 3.09. The van der Waals surface area contributed by atoms with E-state index in [-0.39, 0.29) is 23.0 Å². The van der Waals surface area contributed by atoms with Crippen LogP contribution < -0.4 is 0 Å². The zero-order chi connectivity index (χ0) is 36.9. The number of carbonyl (C=O) groups is 2. The van der Waals surface area contributed by atoms with Crippen molar-refractivity contribution in [3.8, 4) is 0 Å². The van der Waals surface area contributed by atoms with E-state index in [1.165, 1.54) is 167 Å². The van der Waals surface area contributed by atoms with Crippen molar-refractivity contribution >= 4 is 22.2 Å². The van der Waals surface area contributed by atoms with Crippen molar-refractivity contribution in [2.24, 2.45) is 0 Å². The number of quaternary nitrogens is 1. The van der Waals surface area contributed by atoms with Gasteiger partial charge in [-0.15, -0.1) is 0 Å². The van der Waals surface area contributed by atoms with E-state index in [1.54, 1.807) is 0 Å². The second-order valence-electron chi connectivity index (χ2n) is 14.2. The minimum absolute atomic E-state index is 0.0781. The lowest BCUT2D eigenvalue weighted by atomic mass is 10.0. The van der Waals surface area contributed by atoms with Gasteiger partial charge in [-0.05, 0) is 19.8 Å². The zero-order valence-corrected chi connectivity index (χ0v) is 33.6. The van der Waals surface area contributed by atoms with E-state index in [1.807, 2.05) is 6.92 Å². The number of imide groups is 1. The number of rotatable bonds is 35. The van der Waals surface area contributed by atoms with Gasteiger partial charge in [-0.1, -0.05) is 194 Å². The molecule has 0 saturated carbocycles. The van der Waals surface area contributed by atoms with Gasteiger partial charge in [0.2, 0.25) is 10.4 Å². The van der Waals surface area contributed by atoms with Gasteiger partial charge in [-0.3, -0.25) is 4.18 Å². The first-order chi connectivity index (χ1) is 23.6. The predicted molar refractivity (Wildman–Crippen MR) is 204 cm³/mol.